The first-order chi connectivity index (χ1) is 9.39. The van der Waals surface area contributed by atoms with E-state index >= 15 is 0 Å². The molecular weight excluding hydrogens is 284 g/mol. The number of halogens is 1. The van der Waals surface area contributed by atoms with E-state index in [4.69, 9.17) is 0 Å². The fourth-order valence-corrected chi connectivity index (χ4v) is 2.25. The Kier molecular flexibility index (Phi) is 5.37. The van der Waals surface area contributed by atoms with Crippen molar-refractivity contribution in [1.29, 1.82) is 0 Å². The number of likely N-dealkylation sites (N-methyl/N-ethyl adjacent to an activating group) is 1. The Morgan fingerprint density at radius 3 is 2.52 bits per heavy atom. The Morgan fingerprint density at radius 2 is 1.95 bits per heavy atom. The molecule has 0 atom stereocenters. The third-order valence-corrected chi connectivity index (χ3v) is 4.03. The fraction of sp³-hybridized carbons (Fsp3) is 0.353. The number of fused-ring (bicyclic) bond motifs is 1. The second-order valence-corrected chi connectivity index (χ2v) is 5.78. The minimum atomic E-state index is -0.525. The molecule has 1 aromatic carbocycles. The molecule has 3 nitrogen and oxygen atoms in total. The van der Waals surface area contributed by atoms with Gasteiger partial charge in [0, 0.05) is 29.2 Å². The van der Waals surface area contributed by atoms with Crippen LogP contribution in [0.5, 0.6) is 0 Å². The summed E-state index contributed by atoms with van der Waals surface area (Å²) in [7, 11) is 3.86. The van der Waals surface area contributed by atoms with Crippen LogP contribution in [-0.4, -0.2) is 34.9 Å². The van der Waals surface area contributed by atoms with Crippen molar-refractivity contribution in [2.24, 2.45) is 0 Å². The minimum Gasteiger partial charge on any atom is -0.343 e. The van der Waals surface area contributed by atoms with Crippen LogP contribution in [0.3, 0.4) is 0 Å². The first-order valence-corrected chi connectivity index (χ1v) is 6.80. The van der Waals surface area contributed by atoms with Gasteiger partial charge >= 0.3 is 0 Å². The van der Waals surface area contributed by atoms with E-state index in [1.807, 2.05) is 69.4 Å². The average molecular weight is 307 g/mol. The quantitative estimate of drug-likeness (QED) is 0.620. The number of allylic oxidation sites excluding steroid dienone is 1. The highest BCUT2D eigenvalue weighted by atomic mass is 35.5. The Bertz CT molecular complexity index is 656. The third kappa shape index (κ3) is 3.04. The largest absolute Gasteiger partial charge is 0.343 e. The van der Waals surface area contributed by atoms with Crippen molar-refractivity contribution < 1.29 is 4.79 Å². The normalized spacial score (nSPS) is 11.5. The van der Waals surface area contributed by atoms with Gasteiger partial charge in [-0.1, -0.05) is 24.3 Å². The number of aromatic nitrogens is 1. The van der Waals surface area contributed by atoms with Crippen LogP contribution < -0.4 is 0 Å². The maximum Gasteiger partial charge on any atom is 0.184 e. The van der Waals surface area contributed by atoms with Gasteiger partial charge in [-0.2, -0.15) is 0 Å². The molecule has 1 aromatic heterocycles. The molecule has 0 aliphatic heterocycles. The standard InChI is InChI=1S/C17H22N2O.ClH/c1-6-11-19-12-14(13-9-7-8-10-15(13)19)16(20)17(2,3)18(4)5;/h6-10,12H,1,11H2,2-5H3;1H. The maximum atomic E-state index is 12.9. The summed E-state index contributed by atoms with van der Waals surface area (Å²) in [6.07, 6.45) is 3.79. The first-order valence-electron chi connectivity index (χ1n) is 6.80. The molecule has 4 heteroatoms. The van der Waals surface area contributed by atoms with Crippen LogP contribution in [0.1, 0.15) is 24.2 Å². The predicted molar refractivity (Wildman–Crippen MR) is 91.5 cm³/mol. The van der Waals surface area contributed by atoms with Crippen molar-refractivity contribution in [2.75, 3.05) is 14.1 Å². The lowest BCUT2D eigenvalue weighted by Crippen LogP contribution is -2.45. The summed E-state index contributed by atoms with van der Waals surface area (Å²) in [5, 5.41) is 1.01. The molecule has 0 fully saturated rings. The Balaban J connectivity index is 0.00000220. The number of carbonyl (C=O) groups excluding carboxylic acids is 1. The minimum absolute atomic E-state index is 0. The summed E-state index contributed by atoms with van der Waals surface area (Å²) in [5.41, 5.74) is 1.33. The van der Waals surface area contributed by atoms with Gasteiger partial charge in [0.25, 0.3) is 0 Å². The van der Waals surface area contributed by atoms with Crippen LogP contribution in [0.25, 0.3) is 10.9 Å². The van der Waals surface area contributed by atoms with Gasteiger partial charge in [0.2, 0.25) is 0 Å². The molecule has 2 rings (SSSR count). The van der Waals surface area contributed by atoms with Crippen LogP contribution in [0.15, 0.2) is 43.1 Å². The van der Waals surface area contributed by atoms with Crippen molar-refractivity contribution in [3.8, 4) is 0 Å². The monoisotopic (exact) mass is 306 g/mol. The van der Waals surface area contributed by atoms with E-state index in [9.17, 15) is 4.79 Å². The summed E-state index contributed by atoms with van der Waals surface area (Å²) in [6, 6.07) is 8.01. The maximum absolute atomic E-state index is 12.9. The van der Waals surface area contributed by atoms with E-state index in [0.29, 0.717) is 6.54 Å². The highest BCUT2D eigenvalue weighted by Crippen LogP contribution is 2.26. The van der Waals surface area contributed by atoms with Gasteiger partial charge in [0.05, 0.1) is 5.54 Å². The van der Waals surface area contributed by atoms with Crippen molar-refractivity contribution in [3.05, 3.63) is 48.7 Å². The van der Waals surface area contributed by atoms with Gasteiger partial charge in [0.15, 0.2) is 5.78 Å². The van der Waals surface area contributed by atoms with Crippen LogP contribution in [-0.2, 0) is 6.54 Å². The average Bonchev–Trinajstić information content (AvgIpc) is 2.77. The molecule has 0 N–H and O–H groups in total. The van der Waals surface area contributed by atoms with Crippen LogP contribution in [0, 0.1) is 0 Å². The molecule has 0 unspecified atom stereocenters. The van der Waals surface area contributed by atoms with Crippen molar-refractivity contribution >= 4 is 29.1 Å². The van der Waals surface area contributed by atoms with E-state index in [1.165, 1.54) is 0 Å². The molecule has 0 bridgehead atoms. The molecule has 2 aromatic rings. The lowest BCUT2D eigenvalue weighted by atomic mass is 9.92. The number of hydrogen-bond acceptors (Lipinski definition) is 2. The Labute approximate surface area is 132 Å². The fourth-order valence-electron chi connectivity index (χ4n) is 2.25. The van der Waals surface area contributed by atoms with Crippen molar-refractivity contribution in [2.45, 2.75) is 25.9 Å². The van der Waals surface area contributed by atoms with E-state index < -0.39 is 5.54 Å². The van der Waals surface area contributed by atoms with Crippen LogP contribution in [0.2, 0.25) is 0 Å². The number of rotatable bonds is 5. The van der Waals surface area contributed by atoms with Crippen LogP contribution >= 0.6 is 12.4 Å². The third-order valence-electron chi connectivity index (χ3n) is 4.03. The first kappa shape index (κ1) is 17.5. The summed E-state index contributed by atoms with van der Waals surface area (Å²) in [5.74, 6) is 0.140. The van der Waals surface area contributed by atoms with Crippen LogP contribution in [0.4, 0.5) is 0 Å². The van der Waals surface area contributed by atoms with Crippen molar-refractivity contribution in [3.63, 3.8) is 0 Å². The molecule has 0 radical (unpaired) electrons. The molecule has 0 saturated heterocycles. The zero-order valence-electron chi connectivity index (χ0n) is 13.1. The van der Waals surface area contributed by atoms with Gasteiger partial charge in [-0.05, 0) is 34.0 Å². The molecule has 0 aliphatic rings. The molecular formula is C17H23ClN2O. The van der Waals surface area contributed by atoms with Gasteiger partial charge in [-0.15, -0.1) is 19.0 Å². The van der Waals surface area contributed by atoms with Gasteiger partial charge < -0.3 is 4.57 Å². The number of nitrogens with zero attached hydrogens (tertiary/aromatic N) is 2. The Morgan fingerprint density at radius 1 is 1.33 bits per heavy atom. The van der Waals surface area contributed by atoms with Crippen molar-refractivity contribution in [1.82, 2.24) is 9.47 Å². The van der Waals surface area contributed by atoms with Gasteiger partial charge in [-0.25, -0.2) is 0 Å². The number of hydrogen-bond donors (Lipinski definition) is 0. The molecule has 0 aliphatic carbocycles. The zero-order chi connectivity index (χ0) is 14.9. The number of ketones is 1. The number of para-hydroxylation sites is 1. The van der Waals surface area contributed by atoms with E-state index in [0.717, 1.165) is 16.5 Å². The molecule has 114 valence electrons. The lowest BCUT2D eigenvalue weighted by Gasteiger charge is -2.30. The lowest BCUT2D eigenvalue weighted by molar-refractivity contribution is 0.0757. The topological polar surface area (TPSA) is 25.2 Å². The SMILES string of the molecule is C=CCn1cc(C(=O)C(C)(C)N(C)C)c2ccccc21.Cl. The summed E-state index contributed by atoms with van der Waals surface area (Å²) in [4.78, 5) is 14.8. The molecule has 1 heterocycles. The van der Waals surface area contributed by atoms with E-state index in [2.05, 4.69) is 11.1 Å². The smallest absolute Gasteiger partial charge is 0.184 e. The number of benzene rings is 1. The molecule has 0 saturated carbocycles. The van der Waals surface area contributed by atoms with E-state index in [-0.39, 0.29) is 18.2 Å². The Hall–Kier alpha value is -1.58. The van der Waals surface area contributed by atoms with E-state index in [1.54, 1.807) is 0 Å². The molecule has 21 heavy (non-hydrogen) atoms. The number of Topliss-reactive ketones (excluding diaryl/α,β-unsaturated/α-hetero) is 1. The highest BCUT2D eigenvalue weighted by molar-refractivity contribution is 6.12. The summed E-state index contributed by atoms with van der Waals surface area (Å²) < 4.78 is 2.07. The van der Waals surface area contributed by atoms with Gasteiger partial charge in [-0.3, -0.25) is 9.69 Å². The zero-order valence-corrected chi connectivity index (χ0v) is 13.9. The number of carbonyl (C=O) groups is 1. The molecule has 0 amide bonds. The second kappa shape index (κ2) is 6.46. The predicted octanol–water partition coefficient (Wildman–Crippen LogP) is 3.77. The summed E-state index contributed by atoms with van der Waals surface area (Å²) >= 11 is 0. The van der Waals surface area contributed by atoms with Gasteiger partial charge in [0.1, 0.15) is 0 Å². The molecule has 0 spiro atoms. The second-order valence-electron chi connectivity index (χ2n) is 5.78. The summed E-state index contributed by atoms with van der Waals surface area (Å²) in [6.45, 7) is 8.39. The highest BCUT2D eigenvalue weighted by Gasteiger charge is 2.32.